The Hall–Kier alpha value is -0.160. The van der Waals surface area contributed by atoms with Crippen LogP contribution in [0.25, 0.3) is 0 Å². The normalized spacial score (nSPS) is 25.4. The predicted octanol–water partition coefficient (Wildman–Crippen LogP) is 0.622. The summed E-state index contributed by atoms with van der Waals surface area (Å²) >= 11 is 0. The number of ether oxygens (including phenoxy) is 1. The van der Waals surface area contributed by atoms with Crippen molar-refractivity contribution in [3.63, 3.8) is 0 Å². The first-order chi connectivity index (χ1) is 8.10. The zero-order valence-electron chi connectivity index (χ0n) is 11.9. The number of rotatable bonds is 7. The highest BCUT2D eigenvalue weighted by molar-refractivity contribution is 4.83. The second-order valence-corrected chi connectivity index (χ2v) is 5.45. The third kappa shape index (κ3) is 4.21. The summed E-state index contributed by atoms with van der Waals surface area (Å²) in [5.74, 6) is 0.488. The molecule has 0 aromatic heterocycles. The molecule has 0 amide bonds. The van der Waals surface area contributed by atoms with Crippen molar-refractivity contribution < 1.29 is 4.74 Å². The first kappa shape index (κ1) is 14.9. The Morgan fingerprint density at radius 3 is 2.71 bits per heavy atom. The number of nitrogens with two attached hydrogens (primary N) is 1. The molecule has 4 nitrogen and oxygen atoms in total. The van der Waals surface area contributed by atoms with Crippen molar-refractivity contribution in [3.8, 4) is 0 Å². The summed E-state index contributed by atoms with van der Waals surface area (Å²) in [5.41, 5.74) is 5.90. The van der Waals surface area contributed by atoms with Crippen LogP contribution in [0.4, 0.5) is 0 Å². The fourth-order valence-electron chi connectivity index (χ4n) is 2.90. The first-order valence-electron chi connectivity index (χ1n) is 6.69. The minimum atomic E-state index is 0.420. The predicted molar refractivity (Wildman–Crippen MR) is 72.2 cm³/mol. The van der Waals surface area contributed by atoms with Crippen molar-refractivity contribution >= 4 is 0 Å². The third-order valence-corrected chi connectivity index (χ3v) is 4.06. The van der Waals surface area contributed by atoms with Gasteiger partial charge in [-0.3, -0.25) is 0 Å². The second kappa shape index (κ2) is 7.31. The van der Waals surface area contributed by atoms with Crippen LogP contribution >= 0.6 is 0 Å². The molecule has 1 aliphatic rings. The largest absolute Gasteiger partial charge is 0.384 e. The van der Waals surface area contributed by atoms with E-state index in [1.807, 2.05) is 0 Å². The number of likely N-dealkylation sites (N-methyl/N-ethyl adjacent to an activating group) is 2. The van der Waals surface area contributed by atoms with Gasteiger partial charge in [-0.1, -0.05) is 6.92 Å². The number of likely N-dealkylation sites (tertiary alicyclic amines) is 1. The fourth-order valence-corrected chi connectivity index (χ4v) is 2.90. The highest BCUT2D eigenvalue weighted by atomic mass is 16.5. The monoisotopic (exact) mass is 243 g/mol. The van der Waals surface area contributed by atoms with E-state index in [1.54, 1.807) is 7.11 Å². The van der Waals surface area contributed by atoms with Crippen LogP contribution < -0.4 is 5.73 Å². The van der Waals surface area contributed by atoms with Crippen molar-refractivity contribution in [1.82, 2.24) is 9.80 Å². The van der Waals surface area contributed by atoms with Crippen molar-refractivity contribution in [1.29, 1.82) is 0 Å². The van der Waals surface area contributed by atoms with Gasteiger partial charge in [-0.15, -0.1) is 0 Å². The Morgan fingerprint density at radius 2 is 2.24 bits per heavy atom. The van der Waals surface area contributed by atoms with Crippen LogP contribution in [0.1, 0.15) is 19.8 Å². The van der Waals surface area contributed by atoms with E-state index in [9.17, 15) is 0 Å². The van der Waals surface area contributed by atoms with Crippen LogP contribution in [0.2, 0.25) is 0 Å². The van der Waals surface area contributed by atoms with E-state index in [2.05, 4.69) is 30.8 Å². The zero-order valence-corrected chi connectivity index (χ0v) is 11.9. The first-order valence-corrected chi connectivity index (χ1v) is 6.69. The van der Waals surface area contributed by atoms with Gasteiger partial charge < -0.3 is 20.3 Å². The van der Waals surface area contributed by atoms with Crippen LogP contribution in [0.5, 0.6) is 0 Å². The van der Waals surface area contributed by atoms with Crippen molar-refractivity contribution in [2.45, 2.75) is 31.8 Å². The molecule has 0 aromatic carbocycles. The lowest BCUT2D eigenvalue weighted by molar-refractivity contribution is 0.0863. The lowest BCUT2D eigenvalue weighted by Crippen LogP contribution is -2.48. The van der Waals surface area contributed by atoms with Crippen LogP contribution in [0.15, 0.2) is 0 Å². The molecule has 3 unspecified atom stereocenters. The Morgan fingerprint density at radius 1 is 1.53 bits per heavy atom. The molecule has 2 N–H and O–H groups in total. The van der Waals surface area contributed by atoms with Gasteiger partial charge in [0.2, 0.25) is 0 Å². The number of hydrogen-bond donors (Lipinski definition) is 1. The summed E-state index contributed by atoms with van der Waals surface area (Å²) in [4.78, 5) is 4.88. The Labute approximate surface area is 106 Å². The van der Waals surface area contributed by atoms with Gasteiger partial charge in [0.15, 0.2) is 0 Å². The van der Waals surface area contributed by atoms with Crippen LogP contribution in [0.3, 0.4) is 0 Å². The van der Waals surface area contributed by atoms with Gasteiger partial charge >= 0.3 is 0 Å². The van der Waals surface area contributed by atoms with E-state index in [-0.39, 0.29) is 0 Å². The molecular weight excluding hydrogens is 214 g/mol. The molecule has 1 aliphatic heterocycles. The lowest BCUT2D eigenvalue weighted by Gasteiger charge is -2.34. The van der Waals surface area contributed by atoms with Crippen molar-refractivity contribution in [2.24, 2.45) is 11.7 Å². The fraction of sp³-hybridized carbons (Fsp3) is 1.00. The molecule has 1 heterocycles. The van der Waals surface area contributed by atoms with E-state index in [4.69, 9.17) is 10.5 Å². The third-order valence-electron chi connectivity index (χ3n) is 4.06. The minimum absolute atomic E-state index is 0.420. The van der Waals surface area contributed by atoms with Crippen molar-refractivity contribution in [3.05, 3.63) is 0 Å². The van der Waals surface area contributed by atoms with Gasteiger partial charge in [0.1, 0.15) is 0 Å². The van der Waals surface area contributed by atoms with E-state index >= 15 is 0 Å². The highest BCUT2D eigenvalue weighted by Crippen LogP contribution is 2.18. The van der Waals surface area contributed by atoms with Gasteiger partial charge in [-0.2, -0.15) is 0 Å². The molecule has 0 radical (unpaired) electrons. The SMILES string of the molecule is COCC(C)C(CN)N(C)CC1CCCN1C. The molecular formula is C13H29N3O. The zero-order chi connectivity index (χ0) is 12.8. The van der Waals surface area contributed by atoms with Crippen molar-refractivity contribution in [2.75, 3.05) is 47.4 Å². The molecule has 1 fully saturated rings. The molecule has 0 aliphatic carbocycles. The van der Waals surface area contributed by atoms with Gasteiger partial charge in [0.05, 0.1) is 6.61 Å². The topological polar surface area (TPSA) is 41.7 Å². The highest BCUT2D eigenvalue weighted by Gasteiger charge is 2.26. The maximum atomic E-state index is 5.90. The second-order valence-electron chi connectivity index (χ2n) is 5.45. The molecule has 0 aromatic rings. The molecule has 0 bridgehead atoms. The standard InChI is InChI=1S/C13H29N3O/c1-11(10-17-4)13(8-14)16(3)9-12-6-5-7-15(12)2/h11-13H,5-10,14H2,1-4H3. The quantitative estimate of drug-likeness (QED) is 0.712. The average Bonchev–Trinajstić information content (AvgIpc) is 2.66. The summed E-state index contributed by atoms with van der Waals surface area (Å²) in [6.45, 7) is 6.06. The van der Waals surface area contributed by atoms with E-state index in [1.165, 1.54) is 19.4 Å². The smallest absolute Gasteiger partial charge is 0.0503 e. The molecule has 1 saturated heterocycles. The minimum Gasteiger partial charge on any atom is -0.384 e. The molecule has 102 valence electrons. The van der Waals surface area contributed by atoms with Gasteiger partial charge in [0, 0.05) is 32.3 Å². The number of hydrogen-bond acceptors (Lipinski definition) is 4. The maximum Gasteiger partial charge on any atom is 0.0503 e. The molecule has 0 spiro atoms. The Bertz CT molecular complexity index is 213. The van der Waals surface area contributed by atoms with Crippen LogP contribution in [-0.2, 0) is 4.74 Å². The average molecular weight is 243 g/mol. The van der Waals surface area contributed by atoms with Crippen LogP contribution in [-0.4, -0.2) is 69.3 Å². The van der Waals surface area contributed by atoms with Gasteiger partial charge in [-0.25, -0.2) is 0 Å². The van der Waals surface area contributed by atoms with E-state index < -0.39 is 0 Å². The van der Waals surface area contributed by atoms with E-state index in [0.717, 1.165) is 13.2 Å². The summed E-state index contributed by atoms with van der Waals surface area (Å²) in [6, 6.07) is 1.12. The number of nitrogens with zero attached hydrogens (tertiary/aromatic N) is 2. The molecule has 3 atom stereocenters. The Balaban J connectivity index is 2.45. The van der Waals surface area contributed by atoms with Crippen LogP contribution in [0, 0.1) is 5.92 Å². The summed E-state index contributed by atoms with van der Waals surface area (Å²) < 4.78 is 5.24. The summed E-state index contributed by atoms with van der Waals surface area (Å²) in [5, 5.41) is 0. The molecule has 0 saturated carbocycles. The molecule has 17 heavy (non-hydrogen) atoms. The summed E-state index contributed by atoms with van der Waals surface area (Å²) in [7, 11) is 6.17. The Kier molecular flexibility index (Phi) is 6.41. The molecule has 1 rings (SSSR count). The molecule has 4 heteroatoms. The summed E-state index contributed by atoms with van der Waals surface area (Å²) in [6.07, 6.45) is 2.65. The number of methoxy groups -OCH3 is 1. The van der Waals surface area contributed by atoms with Gasteiger partial charge in [0.25, 0.3) is 0 Å². The maximum absolute atomic E-state index is 5.90. The lowest BCUT2D eigenvalue weighted by atomic mass is 10.0. The van der Waals surface area contributed by atoms with E-state index in [0.29, 0.717) is 24.5 Å². The van der Waals surface area contributed by atoms with Gasteiger partial charge in [-0.05, 0) is 39.4 Å².